The summed E-state index contributed by atoms with van der Waals surface area (Å²) in [6, 6.07) is 4.12. The van der Waals surface area contributed by atoms with Crippen molar-refractivity contribution < 1.29 is 4.21 Å². The minimum absolute atomic E-state index is 0.0661. The molecule has 0 aromatic carbocycles. The SMILES string of the molecule is Cc1ccc(C(CCCN(C)C)NS(C)=O)nc1. The van der Waals surface area contributed by atoms with Crippen LogP contribution < -0.4 is 4.72 Å². The van der Waals surface area contributed by atoms with E-state index in [-0.39, 0.29) is 6.04 Å². The molecule has 0 bridgehead atoms. The van der Waals surface area contributed by atoms with Crippen LogP contribution in [0.1, 0.15) is 30.1 Å². The number of pyridine rings is 1. The maximum Gasteiger partial charge on any atom is 0.0889 e. The van der Waals surface area contributed by atoms with E-state index in [1.807, 2.05) is 25.3 Å². The predicted octanol–water partition coefficient (Wildman–Crippen LogP) is 1.66. The normalized spacial score (nSPS) is 14.7. The Morgan fingerprint density at radius 1 is 1.44 bits per heavy atom. The minimum Gasteiger partial charge on any atom is -0.309 e. The zero-order valence-corrected chi connectivity index (χ0v) is 12.5. The summed E-state index contributed by atoms with van der Waals surface area (Å²) in [6.07, 6.45) is 5.51. The molecular weight excluding hydrogens is 246 g/mol. The number of nitrogens with one attached hydrogen (secondary N) is 1. The lowest BCUT2D eigenvalue weighted by molar-refractivity contribution is 0.381. The molecule has 2 unspecified atom stereocenters. The van der Waals surface area contributed by atoms with Crippen LogP contribution in [-0.4, -0.2) is 41.0 Å². The van der Waals surface area contributed by atoms with Gasteiger partial charge in [0.25, 0.3) is 0 Å². The highest BCUT2D eigenvalue weighted by atomic mass is 32.2. The van der Waals surface area contributed by atoms with Gasteiger partial charge in [-0.3, -0.25) is 4.98 Å². The highest BCUT2D eigenvalue weighted by Crippen LogP contribution is 2.17. The molecule has 1 heterocycles. The molecule has 0 aliphatic rings. The van der Waals surface area contributed by atoms with Crippen molar-refractivity contribution in [3.05, 3.63) is 29.6 Å². The molecule has 1 aromatic rings. The Kier molecular flexibility index (Phi) is 6.46. The maximum absolute atomic E-state index is 11.4. The fourth-order valence-corrected chi connectivity index (χ4v) is 2.40. The van der Waals surface area contributed by atoms with Gasteiger partial charge in [0.05, 0.1) is 22.7 Å². The summed E-state index contributed by atoms with van der Waals surface area (Å²) in [5.41, 5.74) is 2.11. The van der Waals surface area contributed by atoms with Crippen molar-refractivity contribution in [1.82, 2.24) is 14.6 Å². The first-order valence-corrected chi connectivity index (χ1v) is 7.71. The zero-order chi connectivity index (χ0) is 13.5. The van der Waals surface area contributed by atoms with Crippen LogP contribution in [0.15, 0.2) is 18.3 Å². The van der Waals surface area contributed by atoms with E-state index in [1.165, 1.54) is 0 Å². The Labute approximate surface area is 112 Å². The zero-order valence-electron chi connectivity index (χ0n) is 11.6. The highest BCUT2D eigenvalue weighted by Gasteiger charge is 2.13. The van der Waals surface area contributed by atoms with Gasteiger partial charge in [0.1, 0.15) is 0 Å². The number of rotatable bonds is 7. The molecule has 0 fully saturated rings. The van der Waals surface area contributed by atoms with Crippen molar-refractivity contribution in [2.45, 2.75) is 25.8 Å². The van der Waals surface area contributed by atoms with Crippen LogP contribution in [0.3, 0.4) is 0 Å². The third kappa shape index (κ3) is 5.71. The molecule has 1 N–H and O–H groups in total. The Morgan fingerprint density at radius 3 is 2.67 bits per heavy atom. The molecule has 0 spiro atoms. The van der Waals surface area contributed by atoms with Gasteiger partial charge in [-0.05, 0) is 52.0 Å². The van der Waals surface area contributed by atoms with Gasteiger partial charge in [0.2, 0.25) is 0 Å². The van der Waals surface area contributed by atoms with Gasteiger partial charge in [-0.2, -0.15) is 0 Å². The molecule has 0 radical (unpaired) electrons. The van der Waals surface area contributed by atoms with Crippen molar-refractivity contribution in [2.75, 3.05) is 26.9 Å². The topological polar surface area (TPSA) is 45.2 Å². The molecule has 0 saturated carbocycles. The average molecular weight is 269 g/mol. The van der Waals surface area contributed by atoms with E-state index in [9.17, 15) is 4.21 Å². The summed E-state index contributed by atoms with van der Waals surface area (Å²) in [4.78, 5) is 6.57. The van der Waals surface area contributed by atoms with E-state index in [1.54, 1.807) is 6.26 Å². The van der Waals surface area contributed by atoms with E-state index in [4.69, 9.17) is 0 Å². The molecule has 2 atom stereocenters. The first-order valence-electron chi connectivity index (χ1n) is 6.16. The summed E-state index contributed by atoms with van der Waals surface area (Å²) in [6.45, 7) is 3.05. The van der Waals surface area contributed by atoms with Gasteiger partial charge in [-0.25, -0.2) is 8.93 Å². The summed E-state index contributed by atoms with van der Waals surface area (Å²) in [7, 11) is 3.10. The highest BCUT2D eigenvalue weighted by molar-refractivity contribution is 7.82. The second-order valence-electron chi connectivity index (χ2n) is 4.83. The van der Waals surface area contributed by atoms with Crippen LogP contribution in [0.25, 0.3) is 0 Å². The molecule has 4 nitrogen and oxygen atoms in total. The van der Waals surface area contributed by atoms with E-state index in [2.05, 4.69) is 28.7 Å². The molecule has 102 valence electrons. The summed E-state index contributed by atoms with van der Waals surface area (Å²) >= 11 is 0. The van der Waals surface area contributed by atoms with Gasteiger partial charge in [-0.15, -0.1) is 0 Å². The number of nitrogens with zero attached hydrogens (tertiary/aromatic N) is 2. The standard InChI is InChI=1S/C13H23N3OS/c1-11-7-8-12(14-10-11)13(15-18(4)17)6-5-9-16(2)3/h7-8,10,13,15H,5-6,9H2,1-4H3. The van der Waals surface area contributed by atoms with Crippen LogP contribution in [0, 0.1) is 6.92 Å². The van der Waals surface area contributed by atoms with Crippen molar-refractivity contribution in [2.24, 2.45) is 0 Å². The summed E-state index contributed by atoms with van der Waals surface area (Å²) in [5, 5.41) is 0. The monoisotopic (exact) mass is 269 g/mol. The predicted molar refractivity (Wildman–Crippen MR) is 76.7 cm³/mol. The lowest BCUT2D eigenvalue weighted by Crippen LogP contribution is -2.25. The molecule has 0 aliphatic heterocycles. The summed E-state index contributed by atoms with van der Waals surface area (Å²) in [5.74, 6) is 0. The van der Waals surface area contributed by atoms with Crippen LogP contribution in [0.4, 0.5) is 0 Å². The lowest BCUT2D eigenvalue weighted by Gasteiger charge is -2.18. The third-order valence-electron chi connectivity index (χ3n) is 2.70. The van der Waals surface area contributed by atoms with Crippen LogP contribution in [0.5, 0.6) is 0 Å². The molecule has 5 heteroatoms. The molecule has 1 rings (SSSR count). The quantitative estimate of drug-likeness (QED) is 0.819. The van der Waals surface area contributed by atoms with Crippen LogP contribution in [0.2, 0.25) is 0 Å². The number of hydrogen-bond acceptors (Lipinski definition) is 3. The second-order valence-corrected chi connectivity index (χ2v) is 5.97. The van der Waals surface area contributed by atoms with Gasteiger partial charge in [0.15, 0.2) is 0 Å². The number of hydrogen-bond donors (Lipinski definition) is 1. The average Bonchev–Trinajstić information content (AvgIpc) is 2.28. The van der Waals surface area contributed by atoms with Crippen LogP contribution in [-0.2, 0) is 11.0 Å². The molecule has 18 heavy (non-hydrogen) atoms. The van der Waals surface area contributed by atoms with E-state index in [0.29, 0.717) is 0 Å². The van der Waals surface area contributed by atoms with Crippen molar-refractivity contribution in [1.29, 1.82) is 0 Å². The van der Waals surface area contributed by atoms with Crippen molar-refractivity contribution >= 4 is 11.0 Å². The Morgan fingerprint density at radius 2 is 2.17 bits per heavy atom. The second kappa shape index (κ2) is 7.61. The third-order valence-corrected chi connectivity index (χ3v) is 3.31. The number of aromatic nitrogens is 1. The molecular formula is C13H23N3OS. The van der Waals surface area contributed by atoms with E-state index in [0.717, 1.165) is 30.6 Å². The van der Waals surface area contributed by atoms with Crippen LogP contribution >= 0.6 is 0 Å². The Bertz CT molecular complexity index is 378. The Balaban J connectivity index is 2.65. The fraction of sp³-hybridized carbons (Fsp3) is 0.615. The first kappa shape index (κ1) is 15.3. The van der Waals surface area contributed by atoms with Crippen molar-refractivity contribution in [3.63, 3.8) is 0 Å². The molecule has 0 aliphatic carbocycles. The van der Waals surface area contributed by atoms with Gasteiger partial charge >= 0.3 is 0 Å². The molecule has 0 amide bonds. The van der Waals surface area contributed by atoms with E-state index < -0.39 is 11.0 Å². The number of aryl methyl sites for hydroxylation is 1. The maximum atomic E-state index is 11.4. The fourth-order valence-electron chi connectivity index (χ4n) is 1.76. The van der Waals surface area contributed by atoms with Gasteiger partial charge in [-0.1, -0.05) is 6.07 Å². The van der Waals surface area contributed by atoms with Gasteiger partial charge < -0.3 is 4.90 Å². The van der Waals surface area contributed by atoms with E-state index >= 15 is 0 Å². The smallest absolute Gasteiger partial charge is 0.0889 e. The van der Waals surface area contributed by atoms with Crippen molar-refractivity contribution in [3.8, 4) is 0 Å². The first-order chi connectivity index (χ1) is 8.49. The lowest BCUT2D eigenvalue weighted by atomic mass is 10.1. The molecule has 0 saturated heterocycles. The largest absolute Gasteiger partial charge is 0.309 e. The minimum atomic E-state index is -1.02. The summed E-state index contributed by atoms with van der Waals surface area (Å²) < 4.78 is 14.4. The molecule has 1 aromatic heterocycles. The Hall–Kier alpha value is -0.780. The van der Waals surface area contributed by atoms with Gasteiger partial charge in [0, 0.05) is 12.5 Å².